The topological polar surface area (TPSA) is 46.3 Å². The summed E-state index contributed by atoms with van der Waals surface area (Å²) in [7, 11) is 1.91. The molecule has 0 fully saturated rings. The fourth-order valence-electron chi connectivity index (χ4n) is 1.87. The number of nitrogens with zero attached hydrogens (tertiary/aromatic N) is 1. The highest BCUT2D eigenvalue weighted by molar-refractivity contribution is 5.75. The van der Waals surface area contributed by atoms with Crippen molar-refractivity contribution in [2.45, 2.75) is 64.7 Å². The van der Waals surface area contributed by atoms with Gasteiger partial charge >= 0.3 is 0 Å². The standard InChI is InChI=1S/C14H30N2O/c1-3-4-5-6-8-11-14(17)16(2)13-10-7-9-12-15/h3-13,15H2,1-2H3. The van der Waals surface area contributed by atoms with Crippen molar-refractivity contribution in [1.82, 2.24) is 4.90 Å². The Morgan fingerprint density at radius 2 is 1.65 bits per heavy atom. The molecule has 2 N–H and O–H groups in total. The number of nitrogens with two attached hydrogens (primary N) is 1. The third-order valence-electron chi connectivity index (χ3n) is 3.12. The van der Waals surface area contributed by atoms with Crippen LogP contribution in [-0.2, 0) is 4.79 Å². The van der Waals surface area contributed by atoms with Gasteiger partial charge in [0.1, 0.15) is 0 Å². The van der Waals surface area contributed by atoms with Gasteiger partial charge in [-0.2, -0.15) is 0 Å². The van der Waals surface area contributed by atoms with Crippen molar-refractivity contribution in [3.05, 3.63) is 0 Å². The van der Waals surface area contributed by atoms with Crippen LogP contribution in [-0.4, -0.2) is 30.9 Å². The van der Waals surface area contributed by atoms with E-state index in [1.807, 2.05) is 11.9 Å². The van der Waals surface area contributed by atoms with Crippen LogP contribution in [0, 0.1) is 0 Å². The molecule has 0 aliphatic heterocycles. The molecule has 0 aromatic rings. The Kier molecular flexibility index (Phi) is 11.5. The Morgan fingerprint density at radius 3 is 2.29 bits per heavy atom. The van der Waals surface area contributed by atoms with Gasteiger partial charge in [0.05, 0.1) is 0 Å². The normalized spacial score (nSPS) is 10.5. The van der Waals surface area contributed by atoms with Crippen LogP contribution in [0.2, 0.25) is 0 Å². The lowest BCUT2D eigenvalue weighted by Crippen LogP contribution is -2.27. The molecule has 0 saturated heterocycles. The monoisotopic (exact) mass is 242 g/mol. The second-order valence-electron chi connectivity index (χ2n) is 4.83. The molecule has 0 aromatic heterocycles. The van der Waals surface area contributed by atoms with E-state index < -0.39 is 0 Å². The molecule has 3 heteroatoms. The Balaban J connectivity index is 3.40. The number of carbonyl (C=O) groups excluding carboxylic acids is 1. The lowest BCUT2D eigenvalue weighted by Gasteiger charge is -2.16. The number of rotatable bonds is 11. The molecule has 0 heterocycles. The second kappa shape index (κ2) is 11.9. The lowest BCUT2D eigenvalue weighted by molar-refractivity contribution is -0.130. The summed E-state index contributed by atoms with van der Waals surface area (Å²) in [6.07, 6.45) is 10.1. The average Bonchev–Trinajstić information content (AvgIpc) is 2.34. The van der Waals surface area contributed by atoms with Crippen molar-refractivity contribution in [1.29, 1.82) is 0 Å². The number of amides is 1. The van der Waals surface area contributed by atoms with E-state index in [0.29, 0.717) is 5.91 Å². The van der Waals surface area contributed by atoms with E-state index in [1.54, 1.807) is 0 Å². The maximum atomic E-state index is 11.7. The molecule has 0 unspecified atom stereocenters. The molecular weight excluding hydrogens is 212 g/mol. The number of hydrogen-bond donors (Lipinski definition) is 1. The fraction of sp³-hybridized carbons (Fsp3) is 0.929. The largest absolute Gasteiger partial charge is 0.346 e. The van der Waals surface area contributed by atoms with Gasteiger partial charge in [0.15, 0.2) is 0 Å². The van der Waals surface area contributed by atoms with Gasteiger partial charge in [-0.1, -0.05) is 39.0 Å². The zero-order chi connectivity index (χ0) is 12.9. The van der Waals surface area contributed by atoms with Crippen LogP contribution in [0.5, 0.6) is 0 Å². The molecule has 0 aromatic carbocycles. The van der Waals surface area contributed by atoms with Crippen LogP contribution in [0.15, 0.2) is 0 Å². The van der Waals surface area contributed by atoms with Gasteiger partial charge in [-0.25, -0.2) is 0 Å². The van der Waals surface area contributed by atoms with Crippen molar-refractivity contribution in [3.8, 4) is 0 Å². The summed E-state index contributed by atoms with van der Waals surface area (Å²) in [6, 6.07) is 0. The van der Waals surface area contributed by atoms with E-state index >= 15 is 0 Å². The molecule has 0 saturated carbocycles. The van der Waals surface area contributed by atoms with E-state index in [1.165, 1.54) is 25.7 Å². The quantitative estimate of drug-likeness (QED) is 0.566. The van der Waals surface area contributed by atoms with E-state index in [9.17, 15) is 4.79 Å². The van der Waals surface area contributed by atoms with Crippen LogP contribution in [0.1, 0.15) is 64.7 Å². The van der Waals surface area contributed by atoms with Gasteiger partial charge in [0, 0.05) is 20.0 Å². The second-order valence-corrected chi connectivity index (χ2v) is 4.83. The van der Waals surface area contributed by atoms with Crippen molar-refractivity contribution in [2.24, 2.45) is 5.73 Å². The van der Waals surface area contributed by atoms with Gasteiger partial charge in [-0.3, -0.25) is 4.79 Å². The summed E-state index contributed by atoms with van der Waals surface area (Å²) >= 11 is 0. The van der Waals surface area contributed by atoms with Crippen LogP contribution >= 0.6 is 0 Å². The van der Waals surface area contributed by atoms with Crippen LogP contribution < -0.4 is 5.73 Å². The average molecular weight is 242 g/mol. The van der Waals surface area contributed by atoms with Crippen LogP contribution in [0.3, 0.4) is 0 Å². The van der Waals surface area contributed by atoms with Crippen LogP contribution in [0.4, 0.5) is 0 Å². The maximum Gasteiger partial charge on any atom is 0.222 e. The minimum absolute atomic E-state index is 0.300. The van der Waals surface area contributed by atoms with Crippen molar-refractivity contribution in [2.75, 3.05) is 20.1 Å². The third kappa shape index (κ3) is 10.3. The SMILES string of the molecule is CCCCCCCC(=O)N(C)CCCCCN. The predicted octanol–water partition coefficient (Wildman–Crippen LogP) is 2.93. The molecule has 0 rings (SSSR count). The summed E-state index contributed by atoms with van der Waals surface area (Å²) in [5.41, 5.74) is 5.43. The van der Waals surface area contributed by atoms with E-state index in [-0.39, 0.29) is 0 Å². The van der Waals surface area contributed by atoms with Gasteiger partial charge in [0.25, 0.3) is 0 Å². The predicted molar refractivity (Wildman–Crippen MR) is 73.9 cm³/mol. The molecule has 0 radical (unpaired) electrons. The fourth-order valence-corrected chi connectivity index (χ4v) is 1.87. The first-order valence-corrected chi connectivity index (χ1v) is 7.16. The smallest absolute Gasteiger partial charge is 0.222 e. The Labute approximate surface area is 107 Å². The van der Waals surface area contributed by atoms with Gasteiger partial charge in [-0.05, 0) is 25.8 Å². The Morgan fingerprint density at radius 1 is 1.00 bits per heavy atom. The van der Waals surface area contributed by atoms with Gasteiger partial charge < -0.3 is 10.6 Å². The van der Waals surface area contributed by atoms with E-state index in [4.69, 9.17) is 5.73 Å². The zero-order valence-electron chi connectivity index (χ0n) is 11.7. The number of unbranched alkanes of at least 4 members (excludes halogenated alkanes) is 6. The molecule has 17 heavy (non-hydrogen) atoms. The van der Waals surface area contributed by atoms with Gasteiger partial charge in [-0.15, -0.1) is 0 Å². The summed E-state index contributed by atoms with van der Waals surface area (Å²) < 4.78 is 0. The number of carbonyl (C=O) groups is 1. The Hall–Kier alpha value is -0.570. The summed E-state index contributed by atoms with van der Waals surface area (Å²) in [6.45, 7) is 3.85. The summed E-state index contributed by atoms with van der Waals surface area (Å²) in [4.78, 5) is 13.6. The lowest BCUT2D eigenvalue weighted by atomic mass is 10.1. The van der Waals surface area contributed by atoms with Crippen molar-refractivity contribution >= 4 is 5.91 Å². The van der Waals surface area contributed by atoms with E-state index in [2.05, 4.69) is 6.92 Å². The number of hydrogen-bond acceptors (Lipinski definition) is 2. The minimum Gasteiger partial charge on any atom is -0.346 e. The highest BCUT2D eigenvalue weighted by Gasteiger charge is 2.07. The molecule has 1 amide bonds. The van der Waals surface area contributed by atoms with Crippen molar-refractivity contribution < 1.29 is 4.79 Å². The molecule has 0 aliphatic carbocycles. The highest BCUT2D eigenvalue weighted by atomic mass is 16.2. The molecule has 0 spiro atoms. The molecule has 0 bridgehead atoms. The first kappa shape index (κ1) is 16.4. The Bertz CT molecular complexity index is 183. The molecule has 102 valence electrons. The molecule has 3 nitrogen and oxygen atoms in total. The zero-order valence-corrected chi connectivity index (χ0v) is 11.7. The first-order chi connectivity index (χ1) is 8.22. The van der Waals surface area contributed by atoms with Crippen LogP contribution in [0.25, 0.3) is 0 Å². The van der Waals surface area contributed by atoms with Gasteiger partial charge in [0.2, 0.25) is 5.91 Å². The van der Waals surface area contributed by atoms with Crippen molar-refractivity contribution in [3.63, 3.8) is 0 Å². The first-order valence-electron chi connectivity index (χ1n) is 7.16. The minimum atomic E-state index is 0.300. The highest BCUT2D eigenvalue weighted by Crippen LogP contribution is 2.07. The summed E-state index contributed by atoms with van der Waals surface area (Å²) in [5, 5.41) is 0. The third-order valence-corrected chi connectivity index (χ3v) is 3.12. The molecule has 0 aliphatic rings. The molecular formula is C14H30N2O. The maximum absolute atomic E-state index is 11.7. The molecule has 0 atom stereocenters. The summed E-state index contributed by atoms with van der Waals surface area (Å²) in [5.74, 6) is 0.300. The van der Waals surface area contributed by atoms with E-state index in [0.717, 1.165) is 45.2 Å².